The summed E-state index contributed by atoms with van der Waals surface area (Å²) in [5.41, 5.74) is 1.71. The lowest BCUT2D eigenvalue weighted by Crippen LogP contribution is -1.88. The first-order valence-corrected chi connectivity index (χ1v) is 4.32. The Balaban J connectivity index is 2.89. The highest BCUT2D eigenvalue weighted by Gasteiger charge is 1.94. The van der Waals surface area contributed by atoms with Gasteiger partial charge < -0.3 is 5.11 Å². The van der Waals surface area contributed by atoms with Crippen LogP contribution in [-0.2, 0) is 0 Å². The predicted octanol–water partition coefficient (Wildman–Crippen LogP) is 2.61. The van der Waals surface area contributed by atoms with Gasteiger partial charge in [0.1, 0.15) is 5.82 Å². The first-order valence-electron chi connectivity index (χ1n) is 4.32. The third-order valence-electron chi connectivity index (χ3n) is 1.88. The number of rotatable bonds is 3. The fraction of sp³-hybridized carbons (Fsp3) is 0.273. The van der Waals surface area contributed by atoms with Gasteiger partial charge in [-0.3, -0.25) is 0 Å². The quantitative estimate of drug-likeness (QED) is 0.758. The molecule has 0 atom stereocenters. The Morgan fingerprint density at radius 1 is 1.54 bits per heavy atom. The van der Waals surface area contributed by atoms with Crippen LogP contribution in [0.15, 0.2) is 29.8 Å². The molecule has 0 aliphatic carbocycles. The summed E-state index contributed by atoms with van der Waals surface area (Å²) in [5.74, 6) is -0.248. The fourth-order valence-corrected chi connectivity index (χ4v) is 1.09. The van der Waals surface area contributed by atoms with Crippen molar-refractivity contribution in [2.45, 2.75) is 13.3 Å². The molecule has 0 spiro atoms. The average molecular weight is 180 g/mol. The average Bonchev–Trinajstić information content (AvgIpc) is 2.14. The highest BCUT2D eigenvalue weighted by molar-refractivity contribution is 5.52. The Hall–Kier alpha value is -1.15. The van der Waals surface area contributed by atoms with Crippen LogP contribution in [0.1, 0.15) is 18.9 Å². The molecule has 70 valence electrons. The summed E-state index contributed by atoms with van der Waals surface area (Å²) in [4.78, 5) is 0. The van der Waals surface area contributed by atoms with Crippen molar-refractivity contribution in [2.24, 2.45) is 0 Å². The van der Waals surface area contributed by atoms with E-state index < -0.39 is 0 Å². The van der Waals surface area contributed by atoms with Crippen molar-refractivity contribution in [2.75, 3.05) is 6.61 Å². The maximum atomic E-state index is 12.7. The maximum Gasteiger partial charge on any atom is 0.123 e. The van der Waals surface area contributed by atoms with Gasteiger partial charge in [0.15, 0.2) is 0 Å². The van der Waals surface area contributed by atoms with Crippen molar-refractivity contribution in [1.29, 1.82) is 0 Å². The summed E-state index contributed by atoms with van der Waals surface area (Å²) in [6.45, 7) is 1.99. The van der Waals surface area contributed by atoms with Crippen LogP contribution in [0.3, 0.4) is 0 Å². The second-order valence-corrected chi connectivity index (χ2v) is 2.87. The van der Waals surface area contributed by atoms with E-state index in [1.54, 1.807) is 6.07 Å². The fourth-order valence-electron chi connectivity index (χ4n) is 1.09. The number of aliphatic hydroxyl groups excluding tert-OH is 1. The monoisotopic (exact) mass is 180 g/mol. The van der Waals surface area contributed by atoms with Crippen LogP contribution >= 0.6 is 0 Å². The molecule has 0 unspecified atom stereocenters. The number of halogens is 1. The van der Waals surface area contributed by atoms with E-state index in [1.165, 1.54) is 12.1 Å². The van der Waals surface area contributed by atoms with E-state index in [2.05, 4.69) is 0 Å². The van der Waals surface area contributed by atoms with E-state index in [0.29, 0.717) is 0 Å². The van der Waals surface area contributed by atoms with Crippen molar-refractivity contribution >= 4 is 6.08 Å². The van der Waals surface area contributed by atoms with Crippen molar-refractivity contribution in [3.63, 3.8) is 0 Å². The highest BCUT2D eigenvalue weighted by atomic mass is 19.1. The van der Waals surface area contributed by atoms with E-state index in [-0.39, 0.29) is 12.4 Å². The van der Waals surface area contributed by atoms with Gasteiger partial charge in [0.05, 0.1) is 6.61 Å². The van der Waals surface area contributed by atoms with Crippen LogP contribution in [0.2, 0.25) is 0 Å². The molecule has 0 bridgehead atoms. The summed E-state index contributed by atoms with van der Waals surface area (Å²) in [6, 6.07) is 6.33. The summed E-state index contributed by atoms with van der Waals surface area (Å²) < 4.78 is 12.7. The molecule has 0 aliphatic rings. The second kappa shape index (κ2) is 4.77. The second-order valence-electron chi connectivity index (χ2n) is 2.87. The third-order valence-corrected chi connectivity index (χ3v) is 1.88. The minimum Gasteiger partial charge on any atom is -0.392 e. The molecule has 1 nitrogen and oxygen atoms in total. The van der Waals surface area contributed by atoms with Crippen molar-refractivity contribution in [3.05, 3.63) is 41.2 Å². The smallest absolute Gasteiger partial charge is 0.123 e. The molecule has 0 saturated heterocycles. The molecule has 0 aromatic heterocycles. The maximum absolute atomic E-state index is 12.7. The van der Waals surface area contributed by atoms with Crippen LogP contribution in [0, 0.1) is 5.82 Å². The molecule has 0 heterocycles. The van der Waals surface area contributed by atoms with E-state index in [1.807, 2.05) is 19.1 Å². The lowest BCUT2D eigenvalue weighted by atomic mass is 10.1. The molecule has 1 N–H and O–H groups in total. The van der Waals surface area contributed by atoms with Gasteiger partial charge in [0.25, 0.3) is 0 Å². The van der Waals surface area contributed by atoms with E-state index in [0.717, 1.165) is 17.6 Å². The molecule has 2 heteroatoms. The largest absolute Gasteiger partial charge is 0.392 e. The normalized spacial score (nSPS) is 11.8. The Labute approximate surface area is 77.5 Å². The Bertz CT molecular complexity index is 299. The van der Waals surface area contributed by atoms with Crippen LogP contribution in [0.5, 0.6) is 0 Å². The van der Waals surface area contributed by atoms with E-state index in [9.17, 15) is 4.39 Å². The molecule has 1 rings (SSSR count). The number of hydrogen-bond acceptors (Lipinski definition) is 1. The summed E-state index contributed by atoms with van der Waals surface area (Å²) in [6.07, 6.45) is 2.59. The first-order chi connectivity index (χ1) is 6.26. The molecule has 1 aromatic carbocycles. The summed E-state index contributed by atoms with van der Waals surface area (Å²) in [7, 11) is 0. The zero-order chi connectivity index (χ0) is 9.68. The zero-order valence-corrected chi connectivity index (χ0v) is 7.63. The molecule has 0 radical (unpaired) electrons. The molecule has 0 aliphatic heterocycles. The van der Waals surface area contributed by atoms with Gasteiger partial charge in [0.2, 0.25) is 0 Å². The van der Waals surface area contributed by atoms with Crippen LogP contribution in [-0.4, -0.2) is 11.7 Å². The SMILES string of the molecule is CCC(=Cc1cccc(F)c1)CO. The molecule has 1 aromatic rings. The van der Waals surface area contributed by atoms with Crippen LogP contribution in [0.25, 0.3) is 6.08 Å². The van der Waals surface area contributed by atoms with Gasteiger partial charge in [-0.15, -0.1) is 0 Å². The van der Waals surface area contributed by atoms with Crippen molar-refractivity contribution < 1.29 is 9.50 Å². The molecular formula is C11H13FO. The van der Waals surface area contributed by atoms with Crippen LogP contribution in [0.4, 0.5) is 4.39 Å². The Kier molecular flexibility index (Phi) is 3.65. The lowest BCUT2D eigenvalue weighted by molar-refractivity contribution is 0.329. The molecular weight excluding hydrogens is 167 g/mol. The van der Waals surface area contributed by atoms with Gasteiger partial charge in [-0.1, -0.05) is 25.1 Å². The minimum atomic E-state index is -0.248. The standard InChI is InChI=1S/C11H13FO/c1-2-9(8-13)6-10-4-3-5-11(12)7-10/h3-7,13H,2,8H2,1H3. The van der Waals surface area contributed by atoms with Gasteiger partial charge >= 0.3 is 0 Å². The molecule has 13 heavy (non-hydrogen) atoms. The number of aliphatic hydroxyl groups is 1. The summed E-state index contributed by atoms with van der Waals surface area (Å²) in [5, 5.41) is 8.89. The number of benzene rings is 1. The number of hydrogen-bond donors (Lipinski definition) is 1. The van der Waals surface area contributed by atoms with Crippen molar-refractivity contribution in [3.8, 4) is 0 Å². The van der Waals surface area contributed by atoms with Gasteiger partial charge in [-0.25, -0.2) is 4.39 Å². The van der Waals surface area contributed by atoms with E-state index >= 15 is 0 Å². The van der Waals surface area contributed by atoms with Gasteiger partial charge in [0, 0.05) is 0 Å². The van der Waals surface area contributed by atoms with Gasteiger partial charge in [-0.2, -0.15) is 0 Å². The Morgan fingerprint density at radius 2 is 2.31 bits per heavy atom. The van der Waals surface area contributed by atoms with E-state index in [4.69, 9.17) is 5.11 Å². The zero-order valence-electron chi connectivity index (χ0n) is 7.63. The minimum absolute atomic E-state index is 0.0347. The first kappa shape index (κ1) is 9.93. The Morgan fingerprint density at radius 3 is 2.85 bits per heavy atom. The molecule has 0 fully saturated rings. The molecule has 0 amide bonds. The lowest BCUT2D eigenvalue weighted by Gasteiger charge is -1.99. The predicted molar refractivity (Wildman–Crippen MR) is 51.8 cm³/mol. The highest BCUT2D eigenvalue weighted by Crippen LogP contribution is 2.10. The van der Waals surface area contributed by atoms with Gasteiger partial charge in [-0.05, 0) is 29.7 Å². The topological polar surface area (TPSA) is 20.2 Å². The van der Waals surface area contributed by atoms with Crippen molar-refractivity contribution in [1.82, 2.24) is 0 Å². The van der Waals surface area contributed by atoms with Crippen LogP contribution < -0.4 is 0 Å². The summed E-state index contributed by atoms with van der Waals surface area (Å²) >= 11 is 0. The third kappa shape index (κ3) is 2.99. The molecule has 0 saturated carbocycles.